The zero-order valence-corrected chi connectivity index (χ0v) is 12.6. The highest BCUT2D eigenvalue weighted by Gasteiger charge is 2.21. The number of rotatable bonds is 5. The summed E-state index contributed by atoms with van der Waals surface area (Å²) in [6, 6.07) is 12.1. The Balaban J connectivity index is 1.92. The van der Waals surface area contributed by atoms with E-state index in [4.69, 9.17) is 0 Å². The normalized spacial score (nSPS) is 24.1. The molecule has 2 nitrogen and oxygen atoms in total. The van der Waals surface area contributed by atoms with Gasteiger partial charge in [0, 0.05) is 25.2 Å². The maximum absolute atomic E-state index is 3.68. The molecule has 1 aliphatic rings. The molecule has 1 aromatic rings. The zero-order chi connectivity index (χ0) is 13.7. The largest absolute Gasteiger partial charge is 0.313 e. The van der Waals surface area contributed by atoms with Gasteiger partial charge in [-0.05, 0) is 44.7 Å². The quantitative estimate of drug-likeness (QED) is 0.874. The molecule has 1 fully saturated rings. The minimum atomic E-state index is 0.597. The van der Waals surface area contributed by atoms with Crippen LogP contribution in [0.1, 0.15) is 39.2 Å². The Bertz CT molecular complexity index is 361. The fourth-order valence-electron chi connectivity index (χ4n) is 2.92. The summed E-state index contributed by atoms with van der Waals surface area (Å²) in [6.07, 6.45) is 2.65. The first kappa shape index (κ1) is 14.5. The van der Waals surface area contributed by atoms with E-state index in [9.17, 15) is 0 Å². The van der Waals surface area contributed by atoms with Crippen LogP contribution in [0.15, 0.2) is 30.3 Å². The van der Waals surface area contributed by atoms with E-state index in [2.05, 4.69) is 61.3 Å². The van der Waals surface area contributed by atoms with E-state index in [-0.39, 0.29) is 0 Å². The average molecular weight is 260 g/mol. The third-order valence-electron chi connectivity index (χ3n) is 4.17. The van der Waals surface area contributed by atoms with Crippen LogP contribution in [0.25, 0.3) is 0 Å². The van der Waals surface area contributed by atoms with Crippen LogP contribution in [0, 0.1) is 5.92 Å². The molecule has 0 aliphatic carbocycles. The molecule has 1 aromatic carbocycles. The second-order valence-electron chi connectivity index (χ2n) is 6.29. The van der Waals surface area contributed by atoms with Crippen LogP contribution in [-0.2, 0) is 6.54 Å². The van der Waals surface area contributed by atoms with E-state index in [1.165, 1.54) is 24.9 Å². The fraction of sp³-hybridized carbons (Fsp3) is 0.647. The van der Waals surface area contributed by atoms with Gasteiger partial charge in [-0.2, -0.15) is 0 Å². The Morgan fingerprint density at radius 3 is 2.63 bits per heavy atom. The second-order valence-corrected chi connectivity index (χ2v) is 6.29. The van der Waals surface area contributed by atoms with E-state index in [0.717, 1.165) is 19.0 Å². The summed E-state index contributed by atoms with van der Waals surface area (Å²) in [5.41, 5.74) is 1.42. The molecule has 19 heavy (non-hydrogen) atoms. The molecule has 0 aromatic heterocycles. The summed E-state index contributed by atoms with van der Waals surface area (Å²) in [4.78, 5) is 2.59. The molecule has 2 atom stereocenters. The highest BCUT2D eigenvalue weighted by molar-refractivity contribution is 5.14. The summed E-state index contributed by atoms with van der Waals surface area (Å²) in [5, 5.41) is 3.68. The molecule has 2 rings (SSSR count). The van der Waals surface area contributed by atoms with Crippen LogP contribution in [0.4, 0.5) is 0 Å². The van der Waals surface area contributed by atoms with Gasteiger partial charge in [0.2, 0.25) is 0 Å². The maximum Gasteiger partial charge on any atom is 0.0237 e. The third-order valence-corrected chi connectivity index (χ3v) is 4.17. The van der Waals surface area contributed by atoms with Gasteiger partial charge in [0.15, 0.2) is 0 Å². The summed E-state index contributed by atoms with van der Waals surface area (Å²) < 4.78 is 0. The summed E-state index contributed by atoms with van der Waals surface area (Å²) in [6.45, 7) is 10.4. The van der Waals surface area contributed by atoms with Crippen molar-refractivity contribution in [2.75, 3.05) is 13.1 Å². The Morgan fingerprint density at radius 1 is 1.26 bits per heavy atom. The smallest absolute Gasteiger partial charge is 0.0237 e. The second kappa shape index (κ2) is 7.06. The lowest BCUT2D eigenvalue weighted by Crippen LogP contribution is -2.47. The van der Waals surface area contributed by atoms with E-state index in [0.29, 0.717) is 12.1 Å². The molecule has 1 heterocycles. The number of nitrogens with one attached hydrogen (secondary N) is 1. The van der Waals surface area contributed by atoms with Crippen LogP contribution in [0.3, 0.4) is 0 Å². The number of piperidine rings is 1. The standard InChI is InChI=1S/C17H28N2/c1-14(2)19(12-16-7-5-4-6-8-16)13-17-11-15(3)9-10-18-17/h4-8,14-15,17-18H,9-13H2,1-3H3. The van der Waals surface area contributed by atoms with E-state index in [1.807, 2.05) is 0 Å². The first-order chi connectivity index (χ1) is 9.15. The van der Waals surface area contributed by atoms with Gasteiger partial charge in [0.05, 0.1) is 0 Å². The average Bonchev–Trinajstić information content (AvgIpc) is 2.39. The van der Waals surface area contributed by atoms with E-state index >= 15 is 0 Å². The van der Waals surface area contributed by atoms with Crippen molar-refractivity contribution in [2.24, 2.45) is 5.92 Å². The maximum atomic E-state index is 3.68. The molecule has 0 saturated carbocycles. The molecule has 106 valence electrons. The van der Waals surface area contributed by atoms with Gasteiger partial charge in [0.1, 0.15) is 0 Å². The number of benzene rings is 1. The molecule has 0 spiro atoms. The SMILES string of the molecule is CC1CCNC(CN(Cc2ccccc2)C(C)C)C1. The zero-order valence-electron chi connectivity index (χ0n) is 12.6. The molecule has 0 bridgehead atoms. The Morgan fingerprint density at radius 2 is 2.00 bits per heavy atom. The predicted octanol–water partition coefficient (Wildman–Crippen LogP) is 3.29. The van der Waals surface area contributed by atoms with Crippen molar-refractivity contribution in [3.63, 3.8) is 0 Å². The monoisotopic (exact) mass is 260 g/mol. The van der Waals surface area contributed by atoms with Gasteiger partial charge >= 0.3 is 0 Å². The Kier molecular flexibility index (Phi) is 5.41. The lowest BCUT2D eigenvalue weighted by molar-refractivity contribution is 0.166. The van der Waals surface area contributed by atoms with Crippen molar-refractivity contribution in [3.8, 4) is 0 Å². The highest BCUT2D eigenvalue weighted by Crippen LogP contribution is 2.17. The number of hydrogen-bond donors (Lipinski definition) is 1. The van der Waals surface area contributed by atoms with Crippen LogP contribution in [-0.4, -0.2) is 30.1 Å². The van der Waals surface area contributed by atoms with Crippen molar-refractivity contribution in [3.05, 3.63) is 35.9 Å². The van der Waals surface area contributed by atoms with Crippen molar-refractivity contribution < 1.29 is 0 Å². The van der Waals surface area contributed by atoms with Gasteiger partial charge in [-0.3, -0.25) is 4.90 Å². The van der Waals surface area contributed by atoms with E-state index in [1.54, 1.807) is 0 Å². The van der Waals surface area contributed by atoms with Gasteiger partial charge in [-0.15, -0.1) is 0 Å². The van der Waals surface area contributed by atoms with Gasteiger partial charge in [-0.25, -0.2) is 0 Å². The molecular weight excluding hydrogens is 232 g/mol. The lowest BCUT2D eigenvalue weighted by atomic mass is 9.94. The fourth-order valence-corrected chi connectivity index (χ4v) is 2.92. The van der Waals surface area contributed by atoms with Crippen molar-refractivity contribution in [1.82, 2.24) is 10.2 Å². The number of nitrogens with zero attached hydrogens (tertiary/aromatic N) is 1. The van der Waals surface area contributed by atoms with Crippen LogP contribution in [0.5, 0.6) is 0 Å². The summed E-state index contributed by atoms with van der Waals surface area (Å²) in [7, 11) is 0. The van der Waals surface area contributed by atoms with Gasteiger partial charge in [-0.1, -0.05) is 37.3 Å². The summed E-state index contributed by atoms with van der Waals surface area (Å²) in [5.74, 6) is 0.872. The Hall–Kier alpha value is -0.860. The minimum Gasteiger partial charge on any atom is -0.313 e. The predicted molar refractivity (Wildman–Crippen MR) is 82.2 cm³/mol. The minimum absolute atomic E-state index is 0.597. The topological polar surface area (TPSA) is 15.3 Å². The van der Waals surface area contributed by atoms with Crippen LogP contribution < -0.4 is 5.32 Å². The van der Waals surface area contributed by atoms with Gasteiger partial charge in [0.25, 0.3) is 0 Å². The van der Waals surface area contributed by atoms with Gasteiger partial charge < -0.3 is 5.32 Å². The van der Waals surface area contributed by atoms with Crippen molar-refractivity contribution in [1.29, 1.82) is 0 Å². The Labute approximate surface area is 118 Å². The molecular formula is C17H28N2. The van der Waals surface area contributed by atoms with Crippen molar-refractivity contribution in [2.45, 2.75) is 52.2 Å². The molecule has 1 N–H and O–H groups in total. The molecule has 0 radical (unpaired) electrons. The van der Waals surface area contributed by atoms with Crippen LogP contribution >= 0.6 is 0 Å². The first-order valence-corrected chi connectivity index (χ1v) is 7.66. The molecule has 0 amide bonds. The van der Waals surface area contributed by atoms with Crippen molar-refractivity contribution >= 4 is 0 Å². The van der Waals surface area contributed by atoms with Crippen LogP contribution in [0.2, 0.25) is 0 Å². The first-order valence-electron chi connectivity index (χ1n) is 7.66. The third kappa shape index (κ3) is 4.63. The number of hydrogen-bond acceptors (Lipinski definition) is 2. The summed E-state index contributed by atoms with van der Waals surface area (Å²) >= 11 is 0. The lowest BCUT2D eigenvalue weighted by Gasteiger charge is -2.35. The highest BCUT2D eigenvalue weighted by atomic mass is 15.2. The molecule has 1 saturated heterocycles. The van der Waals surface area contributed by atoms with E-state index < -0.39 is 0 Å². The molecule has 2 heteroatoms. The molecule has 2 unspecified atom stereocenters. The molecule has 1 aliphatic heterocycles.